The maximum atomic E-state index is 5.25. The quantitative estimate of drug-likeness (QED) is 0.625. The summed E-state index contributed by atoms with van der Waals surface area (Å²) in [6.45, 7) is 1.56. The maximum absolute atomic E-state index is 5.25. The number of benzene rings is 1. The molecular weight excluding hydrogens is 340 g/mol. The van der Waals surface area contributed by atoms with Crippen molar-refractivity contribution < 1.29 is 4.74 Å². The molecule has 27 heavy (non-hydrogen) atoms. The monoisotopic (exact) mass is 364 g/mol. The van der Waals surface area contributed by atoms with E-state index in [-0.39, 0.29) is 0 Å². The number of hydrogen-bond donors (Lipinski definition) is 1. The van der Waals surface area contributed by atoms with E-state index < -0.39 is 0 Å². The highest BCUT2D eigenvalue weighted by Gasteiger charge is 2.06. The van der Waals surface area contributed by atoms with E-state index in [1.165, 1.54) is 11.1 Å². The van der Waals surface area contributed by atoms with Gasteiger partial charge < -0.3 is 15.0 Å². The molecular formula is C20H24N6O. The molecule has 0 atom stereocenters. The molecule has 3 aromatic rings. The minimum absolute atomic E-state index is 0.533. The Labute approximate surface area is 159 Å². The van der Waals surface area contributed by atoms with Crippen LogP contribution < -0.4 is 15.0 Å². The lowest BCUT2D eigenvalue weighted by Gasteiger charge is -2.18. The molecule has 1 aromatic carbocycles. The first-order valence-electron chi connectivity index (χ1n) is 8.91. The summed E-state index contributed by atoms with van der Waals surface area (Å²) in [5, 5.41) is 11.4. The van der Waals surface area contributed by atoms with E-state index in [1.54, 1.807) is 13.3 Å². The lowest BCUT2D eigenvalue weighted by molar-refractivity contribution is 0.414. The third-order valence-electron chi connectivity index (χ3n) is 4.25. The lowest BCUT2D eigenvalue weighted by Crippen LogP contribution is -2.22. The Balaban J connectivity index is 1.51. The van der Waals surface area contributed by atoms with Gasteiger partial charge in [-0.15, -0.1) is 5.10 Å². The van der Waals surface area contributed by atoms with Gasteiger partial charge in [-0.3, -0.25) is 4.98 Å². The van der Waals surface area contributed by atoms with Gasteiger partial charge in [0.2, 0.25) is 5.95 Å². The summed E-state index contributed by atoms with van der Waals surface area (Å²) in [5.41, 5.74) is 2.44. The molecule has 0 fully saturated rings. The van der Waals surface area contributed by atoms with Crippen LogP contribution in [0.4, 0.5) is 11.8 Å². The topological polar surface area (TPSA) is 76.1 Å². The number of methoxy groups -OCH3 is 1. The maximum Gasteiger partial charge on any atom is 0.244 e. The van der Waals surface area contributed by atoms with Crippen molar-refractivity contribution in [2.24, 2.45) is 0 Å². The van der Waals surface area contributed by atoms with E-state index in [2.05, 4.69) is 36.4 Å². The molecule has 0 aliphatic heterocycles. The molecule has 0 unspecified atom stereocenters. The SMILES string of the molecule is COc1cccc(CCNc2nncc(N(C)CCc3ccncc3)n2)c1. The van der Waals surface area contributed by atoms with Gasteiger partial charge in [-0.2, -0.15) is 10.1 Å². The largest absolute Gasteiger partial charge is 0.497 e. The van der Waals surface area contributed by atoms with Crippen LogP contribution in [0.3, 0.4) is 0 Å². The van der Waals surface area contributed by atoms with Gasteiger partial charge in [0, 0.05) is 32.5 Å². The minimum Gasteiger partial charge on any atom is -0.497 e. The smallest absolute Gasteiger partial charge is 0.244 e. The van der Waals surface area contributed by atoms with Crippen LogP contribution in [0, 0.1) is 0 Å². The first kappa shape index (κ1) is 18.6. The standard InChI is InChI=1S/C20H24N6O/c1-26(13-9-16-6-10-21-11-7-16)19-15-23-25-20(24-19)22-12-8-17-4-3-5-18(14-17)27-2/h3-7,10-11,14-15H,8-9,12-13H2,1-2H3,(H,22,24,25). The van der Waals surface area contributed by atoms with Crippen molar-refractivity contribution in [2.45, 2.75) is 12.8 Å². The Morgan fingerprint density at radius 1 is 1.07 bits per heavy atom. The Morgan fingerprint density at radius 2 is 1.93 bits per heavy atom. The van der Waals surface area contributed by atoms with Crippen molar-refractivity contribution in [1.29, 1.82) is 0 Å². The third-order valence-corrected chi connectivity index (χ3v) is 4.25. The molecule has 7 heteroatoms. The number of nitrogens with one attached hydrogen (secondary N) is 1. The van der Waals surface area contributed by atoms with Crippen LogP contribution in [0.25, 0.3) is 0 Å². The molecule has 0 amide bonds. The lowest BCUT2D eigenvalue weighted by atomic mass is 10.1. The van der Waals surface area contributed by atoms with E-state index in [9.17, 15) is 0 Å². The molecule has 0 radical (unpaired) electrons. The van der Waals surface area contributed by atoms with Crippen molar-refractivity contribution in [3.8, 4) is 5.75 Å². The van der Waals surface area contributed by atoms with Crippen LogP contribution in [0.1, 0.15) is 11.1 Å². The zero-order valence-electron chi connectivity index (χ0n) is 15.7. The normalized spacial score (nSPS) is 10.4. The number of pyridine rings is 1. The van der Waals surface area contributed by atoms with Crippen LogP contribution in [-0.2, 0) is 12.8 Å². The van der Waals surface area contributed by atoms with Crippen molar-refractivity contribution in [3.05, 3.63) is 66.1 Å². The predicted octanol–water partition coefficient (Wildman–Crippen LogP) is 2.61. The highest BCUT2D eigenvalue weighted by Crippen LogP contribution is 2.13. The fraction of sp³-hybridized carbons (Fsp3) is 0.300. The van der Waals surface area contributed by atoms with Crippen LogP contribution in [0.5, 0.6) is 5.75 Å². The van der Waals surface area contributed by atoms with E-state index >= 15 is 0 Å². The third kappa shape index (κ3) is 5.64. The summed E-state index contributed by atoms with van der Waals surface area (Å²) < 4.78 is 5.25. The average Bonchev–Trinajstić information content (AvgIpc) is 2.73. The summed E-state index contributed by atoms with van der Waals surface area (Å²) in [5.74, 6) is 2.19. The molecule has 0 aliphatic carbocycles. The molecule has 3 rings (SSSR count). The van der Waals surface area contributed by atoms with Gasteiger partial charge in [-0.1, -0.05) is 12.1 Å². The average molecular weight is 364 g/mol. The number of anilines is 2. The van der Waals surface area contributed by atoms with Gasteiger partial charge in [0.15, 0.2) is 5.82 Å². The van der Waals surface area contributed by atoms with Crippen molar-refractivity contribution >= 4 is 11.8 Å². The molecule has 0 aliphatic rings. The van der Waals surface area contributed by atoms with Crippen molar-refractivity contribution in [3.63, 3.8) is 0 Å². The van der Waals surface area contributed by atoms with E-state index in [1.807, 2.05) is 49.8 Å². The number of hydrogen-bond acceptors (Lipinski definition) is 7. The number of likely N-dealkylation sites (N-methyl/N-ethyl adjacent to an activating group) is 1. The highest BCUT2D eigenvalue weighted by molar-refractivity contribution is 5.39. The second-order valence-electron chi connectivity index (χ2n) is 6.19. The Morgan fingerprint density at radius 3 is 2.74 bits per heavy atom. The van der Waals surface area contributed by atoms with E-state index in [4.69, 9.17) is 4.74 Å². The van der Waals surface area contributed by atoms with Crippen LogP contribution in [0.15, 0.2) is 55.0 Å². The second-order valence-corrected chi connectivity index (χ2v) is 6.19. The van der Waals surface area contributed by atoms with Gasteiger partial charge in [0.05, 0.1) is 13.3 Å². The number of ether oxygens (including phenoxy) is 1. The van der Waals surface area contributed by atoms with Gasteiger partial charge in [0.25, 0.3) is 0 Å². The molecule has 2 aromatic heterocycles. The zero-order chi connectivity index (χ0) is 18.9. The van der Waals surface area contributed by atoms with Gasteiger partial charge in [-0.05, 0) is 48.2 Å². The Hall–Kier alpha value is -3.22. The van der Waals surface area contributed by atoms with Crippen molar-refractivity contribution in [1.82, 2.24) is 20.2 Å². The molecule has 7 nitrogen and oxygen atoms in total. The van der Waals surface area contributed by atoms with Crippen LogP contribution >= 0.6 is 0 Å². The van der Waals surface area contributed by atoms with Gasteiger partial charge in [-0.25, -0.2) is 0 Å². The first-order valence-corrected chi connectivity index (χ1v) is 8.91. The second kappa shape index (κ2) is 9.47. The predicted molar refractivity (Wildman–Crippen MR) is 106 cm³/mol. The molecule has 0 bridgehead atoms. The summed E-state index contributed by atoms with van der Waals surface area (Å²) in [6, 6.07) is 12.1. The zero-order valence-corrected chi connectivity index (χ0v) is 15.7. The van der Waals surface area contributed by atoms with E-state index in [0.29, 0.717) is 5.95 Å². The van der Waals surface area contributed by atoms with Crippen LogP contribution in [-0.4, -0.2) is 47.4 Å². The first-order chi connectivity index (χ1) is 13.2. The molecule has 0 saturated carbocycles. The van der Waals surface area contributed by atoms with E-state index in [0.717, 1.165) is 37.5 Å². The molecule has 140 valence electrons. The summed E-state index contributed by atoms with van der Waals surface area (Å²) in [4.78, 5) is 10.7. The summed E-state index contributed by atoms with van der Waals surface area (Å²) >= 11 is 0. The molecule has 0 spiro atoms. The summed E-state index contributed by atoms with van der Waals surface area (Å²) in [7, 11) is 3.68. The Kier molecular flexibility index (Phi) is 6.51. The Bertz CT molecular complexity index is 843. The number of nitrogens with zero attached hydrogens (tertiary/aromatic N) is 5. The number of aromatic nitrogens is 4. The van der Waals surface area contributed by atoms with Gasteiger partial charge >= 0.3 is 0 Å². The molecule has 2 heterocycles. The molecule has 1 N–H and O–H groups in total. The fourth-order valence-corrected chi connectivity index (χ4v) is 2.66. The van der Waals surface area contributed by atoms with Crippen molar-refractivity contribution in [2.75, 3.05) is 37.5 Å². The minimum atomic E-state index is 0.533. The molecule has 0 saturated heterocycles. The number of rotatable bonds is 9. The van der Waals surface area contributed by atoms with Crippen LogP contribution in [0.2, 0.25) is 0 Å². The summed E-state index contributed by atoms with van der Waals surface area (Å²) in [6.07, 6.45) is 7.07. The van der Waals surface area contributed by atoms with Gasteiger partial charge in [0.1, 0.15) is 5.75 Å². The fourth-order valence-electron chi connectivity index (χ4n) is 2.66. The highest BCUT2D eigenvalue weighted by atomic mass is 16.5.